The maximum absolute atomic E-state index is 6.01. The van der Waals surface area contributed by atoms with Crippen molar-refractivity contribution in [3.8, 4) is 5.75 Å². The largest absolute Gasteiger partial charge is 0.493 e. The van der Waals surface area contributed by atoms with Crippen LogP contribution in [0.2, 0.25) is 0 Å². The predicted octanol–water partition coefficient (Wildman–Crippen LogP) is 3.32. The minimum Gasteiger partial charge on any atom is -0.493 e. The highest BCUT2D eigenvalue weighted by molar-refractivity contribution is 5.85. The summed E-state index contributed by atoms with van der Waals surface area (Å²) in [6.07, 6.45) is 4.53. The van der Waals surface area contributed by atoms with Crippen LogP contribution in [0, 0.1) is 5.92 Å². The third-order valence-electron chi connectivity index (χ3n) is 3.62. The molecule has 0 amide bonds. The molecular formula is C16H26ClNO2. The van der Waals surface area contributed by atoms with Crippen molar-refractivity contribution in [1.82, 2.24) is 0 Å². The predicted molar refractivity (Wildman–Crippen MR) is 84.6 cm³/mol. The molecule has 1 aliphatic rings. The minimum absolute atomic E-state index is 0. The third kappa shape index (κ3) is 5.31. The van der Waals surface area contributed by atoms with Crippen molar-refractivity contribution in [3.63, 3.8) is 0 Å². The topological polar surface area (TPSA) is 44.5 Å². The smallest absolute Gasteiger partial charge is 0.124 e. The molecule has 2 N–H and O–H groups in total. The van der Waals surface area contributed by atoms with Crippen molar-refractivity contribution >= 4 is 12.4 Å². The van der Waals surface area contributed by atoms with Crippen molar-refractivity contribution < 1.29 is 9.47 Å². The van der Waals surface area contributed by atoms with Gasteiger partial charge < -0.3 is 15.2 Å². The first-order valence-corrected chi connectivity index (χ1v) is 7.22. The summed E-state index contributed by atoms with van der Waals surface area (Å²) < 4.78 is 11.2. The van der Waals surface area contributed by atoms with Gasteiger partial charge >= 0.3 is 0 Å². The van der Waals surface area contributed by atoms with Gasteiger partial charge in [-0.1, -0.05) is 13.0 Å². The fourth-order valence-electron chi connectivity index (χ4n) is 2.11. The van der Waals surface area contributed by atoms with E-state index in [0.29, 0.717) is 6.61 Å². The van der Waals surface area contributed by atoms with Gasteiger partial charge in [0.2, 0.25) is 0 Å². The van der Waals surface area contributed by atoms with Crippen LogP contribution in [-0.2, 0) is 17.8 Å². The maximum atomic E-state index is 6.01. The Kier molecular flexibility index (Phi) is 7.35. The maximum Gasteiger partial charge on any atom is 0.124 e. The van der Waals surface area contributed by atoms with E-state index in [2.05, 4.69) is 25.1 Å². The lowest BCUT2D eigenvalue weighted by Crippen LogP contribution is -2.21. The fraction of sp³-hybridized carbons (Fsp3) is 0.625. The zero-order valence-electron chi connectivity index (χ0n) is 12.4. The monoisotopic (exact) mass is 299 g/mol. The van der Waals surface area contributed by atoms with Crippen LogP contribution in [0.1, 0.15) is 37.3 Å². The fourth-order valence-corrected chi connectivity index (χ4v) is 2.11. The second-order valence-electron chi connectivity index (χ2n) is 5.50. The van der Waals surface area contributed by atoms with Crippen LogP contribution in [0.3, 0.4) is 0 Å². The Morgan fingerprint density at radius 1 is 1.35 bits per heavy atom. The lowest BCUT2D eigenvalue weighted by molar-refractivity contribution is 0.179. The van der Waals surface area contributed by atoms with Crippen molar-refractivity contribution in [1.29, 1.82) is 0 Å². The van der Waals surface area contributed by atoms with Crippen molar-refractivity contribution in [2.24, 2.45) is 11.7 Å². The molecular weight excluding hydrogens is 274 g/mol. The Labute approximate surface area is 128 Å². The quantitative estimate of drug-likeness (QED) is 0.801. The highest BCUT2D eigenvalue weighted by Gasteiger charge is 2.22. The number of halogens is 1. The normalized spacial score (nSPS) is 15.6. The second-order valence-corrected chi connectivity index (χ2v) is 5.50. The molecule has 0 radical (unpaired) electrons. The lowest BCUT2D eigenvalue weighted by Gasteiger charge is -2.14. The Morgan fingerprint density at radius 3 is 2.70 bits per heavy atom. The third-order valence-corrected chi connectivity index (χ3v) is 3.62. The molecule has 1 aliphatic carbocycles. The molecule has 20 heavy (non-hydrogen) atoms. The summed E-state index contributed by atoms with van der Waals surface area (Å²) in [5, 5.41) is 0. The summed E-state index contributed by atoms with van der Waals surface area (Å²) in [7, 11) is 1.72. The molecule has 2 rings (SSSR count). The molecule has 1 atom stereocenters. The first-order valence-electron chi connectivity index (χ1n) is 7.22. The van der Waals surface area contributed by atoms with Gasteiger partial charge in [0.05, 0.1) is 13.2 Å². The molecule has 0 bridgehead atoms. The minimum atomic E-state index is 0. The standard InChI is InChI=1S/C16H25NO2.ClH/c1-3-15(17)9-13-6-7-16(14(8-13)11-18-2)19-10-12-4-5-12;/h6-8,12,15H,3-5,9-11,17H2,1-2H3;1H. The molecule has 0 saturated heterocycles. The number of methoxy groups -OCH3 is 1. The van der Waals surface area contributed by atoms with Gasteiger partial charge in [0.1, 0.15) is 5.75 Å². The lowest BCUT2D eigenvalue weighted by atomic mass is 10.0. The molecule has 0 aromatic heterocycles. The molecule has 1 aromatic rings. The van der Waals surface area contributed by atoms with Gasteiger partial charge in [-0.25, -0.2) is 0 Å². The average molecular weight is 300 g/mol. The number of benzene rings is 1. The Hall–Kier alpha value is -0.770. The molecule has 0 aliphatic heterocycles. The Morgan fingerprint density at radius 2 is 2.10 bits per heavy atom. The first kappa shape index (κ1) is 17.3. The summed E-state index contributed by atoms with van der Waals surface area (Å²) in [5.41, 5.74) is 8.40. The highest BCUT2D eigenvalue weighted by Crippen LogP contribution is 2.31. The summed E-state index contributed by atoms with van der Waals surface area (Å²) in [4.78, 5) is 0. The molecule has 114 valence electrons. The van der Waals surface area contributed by atoms with Crippen LogP contribution in [0.4, 0.5) is 0 Å². The van der Waals surface area contributed by atoms with Crippen LogP contribution in [0.5, 0.6) is 5.75 Å². The van der Waals surface area contributed by atoms with Gasteiger partial charge in [0.15, 0.2) is 0 Å². The number of nitrogens with two attached hydrogens (primary N) is 1. The average Bonchev–Trinajstić information content (AvgIpc) is 3.22. The van der Waals surface area contributed by atoms with E-state index in [9.17, 15) is 0 Å². The Balaban J connectivity index is 0.00000200. The molecule has 0 heterocycles. The molecule has 1 saturated carbocycles. The van der Waals surface area contributed by atoms with Gasteiger partial charge in [0.25, 0.3) is 0 Å². The molecule has 0 spiro atoms. The first-order chi connectivity index (χ1) is 9.22. The zero-order valence-corrected chi connectivity index (χ0v) is 13.2. The van der Waals surface area contributed by atoms with E-state index in [1.54, 1.807) is 7.11 Å². The van der Waals surface area contributed by atoms with E-state index in [1.807, 2.05) is 0 Å². The van der Waals surface area contributed by atoms with E-state index >= 15 is 0 Å². The van der Waals surface area contributed by atoms with Crippen molar-refractivity contribution in [2.45, 2.75) is 45.3 Å². The number of hydrogen-bond donors (Lipinski definition) is 1. The van der Waals surface area contributed by atoms with Gasteiger partial charge in [-0.2, -0.15) is 0 Å². The molecule has 1 unspecified atom stereocenters. The summed E-state index contributed by atoms with van der Waals surface area (Å²) in [6, 6.07) is 6.58. The number of hydrogen-bond acceptors (Lipinski definition) is 3. The molecule has 4 heteroatoms. The van der Waals surface area contributed by atoms with E-state index in [4.69, 9.17) is 15.2 Å². The summed E-state index contributed by atoms with van der Waals surface area (Å²) in [5.74, 6) is 1.73. The zero-order chi connectivity index (χ0) is 13.7. The van der Waals surface area contributed by atoms with Gasteiger partial charge in [-0.05, 0) is 49.3 Å². The van der Waals surface area contributed by atoms with Crippen LogP contribution >= 0.6 is 12.4 Å². The van der Waals surface area contributed by atoms with E-state index in [0.717, 1.165) is 36.7 Å². The van der Waals surface area contributed by atoms with Crippen LogP contribution in [-0.4, -0.2) is 19.8 Å². The van der Waals surface area contributed by atoms with Gasteiger partial charge in [-0.15, -0.1) is 12.4 Å². The van der Waals surface area contributed by atoms with E-state index in [-0.39, 0.29) is 18.4 Å². The number of rotatable bonds is 8. The SMILES string of the molecule is CCC(N)Cc1ccc(OCC2CC2)c(COC)c1.Cl. The highest BCUT2D eigenvalue weighted by atomic mass is 35.5. The molecule has 3 nitrogen and oxygen atoms in total. The van der Waals surface area contributed by atoms with Crippen molar-refractivity contribution in [3.05, 3.63) is 29.3 Å². The number of ether oxygens (including phenoxy) is 2. The molecule has 1 aromatic carbocycles. The van der Waals surface area contributed by atoms with Gasteiger partial charge in [-0.3, -0.25) is 0 Å². The van der Waals surface area contributed by atoms with Gasteiger partial charge in [0, 0.05) is 18.7 Å². The van der Waals surface area contributed by atoms with E-state index < -0.39 is 0 Å². The van der Waals surface area contributed by atoms with Crippen molar-refractivity contribution in [2.75, 3.05) is 13.7 Å². The molecule has 1 fully saturated rings. The van der Waals surface area contributed by atoms with E-state index in [1.165, 1.54) is 18.4 Å². The Bertz CT molecular complexity index is 407. The van der Waals surface area contributed by atoms with Crippen LogP contribution in [0.25, 0.3) is 0 Å². The second kappa shape index (κ2) is 8.50. The van der Waals surface area contributed by atoms with Crippen LogP contribution in [0.15, 0.2) is 18.2 Å². The summed E-state index contributed by atoms with van der Waals surface area (Å²) in [6.45, 7) is 3.55. The van der Waals surface area contributed by atoms with Crippen LogP contribution < -0.4 is 10.5 Å². The summed E-state index contributed by atoms with van der Waals surface area (Å²) >= 11 is 0.